The van der Waals surface area contributed by atoms with Crippen molar-refractivity contribution in [3.8, 4) is 0 Å². The van der Waals surface area contributed by atoms with Crippen LogP contribution in [0.25, 0.3) is 0 Å². The Labute approximate surface area is 118 Å². The zero-order valence-electron chi connectivity index (χ0n) is 12.4. The molecule has 0 atom stereocenters. The van der Waals surface area contributed by atoms with E-state index in [2.05, 4.69) is 22.2 Å². The van der Waals surface area contributed by atoms with Crippen molar-refractivity contribution in [2.24, 2.45) is 14.1 Å². The first-order chi connectivity index (χ1) is 9.52. The monoisotopic (exact) mass is 281 g/mol. The number of anilines is 1. The summed E-state index contributed by atoms with van der Waals surface area (Å²) in [4.78, 5) is 26.0. The quantitative estimate of drug-likeness (QED) is 0.825. The van der Waals surface area contributed by atoms with E-state index in [-0.39, 0.29) is 17.4 Å². The molecule has 1 saturated heterocycles. The van der Waals surface area contributed by atoms with Gasteiger partial charge in [0, 0.05) is 33.2 Å². The van der Waals surface area contributed by atoms with Crippen molar-refractivity contribution >= 4 is 5.82 Å². The first-order valence-corrected chi connectivity index (χ1v) is 7.16. The van der Waals surface area contributed by atoms with Crippen LogP contribution >= 0.6 is 0 Å². The summed E-state index contributed by atoms with van der Waals surface area (Å²) in [7, 11) is 3.03. The van der Waals surface area contributed by atoms with Crippen molar-refractivity contribution in [2.45, 2.75) is 32.2 Å². The number of rotatable bonds is 4. The molecule has 1 aromatic rings. The molecule has 7 heteroatoms. The van der Waals surface area contributed by atoms with Crippen molar-refractivity contribution in [2.75, 3.05) is 25.0 Å². The summed E-state index contributed by atoms with van der Waals surface area (Å²) >= 11 is 0. The highest BCUT2D eigenvalue weighted by Crippen LogP contribution is 2.13. The minimum atomic E-state index is -0.404. The van der Waals surface area contributed by atoms with Gasteiger partial charge in [-0.3, -0.25) is 9.36 Å². The standard InChI is InChI=1S/C13H23N5O2/c1-4-7-18-8-5-10(6-9-18)14-11-12(19)16(2)13(20)17(3)15-11/h10H,4-9H2,1-3H3,(H,14,15). The zero-order chi connectivity index (χ0) is 14.7. The lowest BCUT2D eigenvalue weighted by atomic mass is 10.1. The van der Waals surface area contributed by atoms with Crippen LogP contribution in [0.4, 0.5) is 5.82 Å². The number of nitrogens with zero attached hydrogens (tertiary/aromatic N) is 4. The summed E-state index contributed by atoms with van der Waals surface area (Å²) in [6.07, 6.45) is 3.16. The molecule has 0 aliphatic carbocycles. The van der Waals surface area contributed by atoms with Crippen molar-refractivity contribution < 1.29 is 0 Å². The van der Waals surface area contributed by atoms with Gasteiger partial charge in [-0.25, -0.2) is 9.48 Å². The van der Waals surface area contributed by atoms with E-state index in [9.17, 15) is 9.59 Å². The van der Waals surface area contributed by atoms with Gasteiger partial charge in [0.2, 0.25) is 5.82 Å². The van der Waals surface area contributed by atoms with Gasteiger partial charge in [-0.1, -0.05) is 6.92 Å². The Kier molecular flexibility index (Phi) is 4.59. The number of hydrogen-bond donors (Lipinski definition) is 1. The van der Waals surface area contributed by atoms with Crippen LogP contribution in [-0.2, 0) is 14.1 Å². The number of likely N-dealkylation sites (tertiary alicyclic amines) is 1. The van der Waals surface area contributed by atoms with Gasteiger partial charge in [0.25, 0.3) is 5.56 Å². The fourth-order valence-corrected chi connectivity index (χ4v) is 2.60. The first-order valence-electron chi connectivity index (χ1n) is 7.16. The fraction of sp³-hybridized carbons (Fsp3) is 0.769. The summed E-state index contributed by atoms with van der Waals surface area (Å²) in [6, 6.07) is 0.251. The van der Waals surface area contributed by atoms with E-state index in [4.69, 9.17) is 0 Å². The van der Waals surface area contributed by atoms with E-state index in [1.54, 1.807) is 7.05 Å². The molecule has 1 aliphatic rings. The summed E-state index contributed by atoms with van der Waals surface area (Å²) in [6.45, 7) is 5.39. The molecule has 0 aromatic carbocycles. The highest BCUT2D eigenvalue weighted by atomic mass is 16.2. The van der Waals surface area contributed by atoms with Crippen molar-refractivity contribution in [1.29, 1.82) is 0 Å². The van der Waals surface area contributed by atoms with Crippen LogP contribution in [-0.4, -0.2) is 44.9 Å². The highest BCUT2D eigenvalue weighted by molar-refractivity contribution is 5.31. The number of nitrogens with one attached hydrogen (secondary N) is 1. The second-order valence-electron chi connectivity index (χ2n) is 5.38. The van der Waals surface area contributed by atoms with E-state index < -0.39 is 5.69 Å². The molecule has 0 amide bonds. The highest BCUT2D eigenvalue weighted by Gasteiger charge is 2.20. The van der Waals surface area contributed by atoms with Crippen LogP contribution in [0.2, 0.25) is 0 Å². The molecule has 0 unspecified atom stereocenters. The summed E-state index contributed by atoms with van der Waals surface area (Å²) in [5.74, 6) is 0.267. The molecule has 112 valence electrons. The Morgan fingerprint density at radius 2 is 1.90 bits per heavy atom. The van der Waals surface area contributed by atoms with Gasteiger partial charge >= 0.3 is 5.69 Å². The fourth-order valence-electron chi connectivity index (χ4n) is 2.60. The molecule has 1 N–H and O–H groups in total. The average molecular weight is 281 g/mol. The maximum absolute atomic E-state index is 12.0. The summed E-state index contributed by atoms with van der Waals surface area (Å²) in [5.41, 5.74) is -0.762. The minimum absolute atomic E-state index is 0.251. The van der Waals surface area contributed by atoms with Gasteiger partial charge < -0.3 is 10.2 Å². The molecule has 0 saturated carbocycles. The second-order valence-corrected chi connectivity index (χ2v) is 5.38. The number of hydrogen-bond acceptors (Lipinski definition) is 5. The molecule has 0 spiro atoms. The molecule has 1 fully saturated rings. The molecule has 20 heavy (non-hydrogen) atoms. The van der Waals surface area contributed by atoms with Gasteiger partial charge in [0.1, 0.15) is 0 Å². The van der Waals surface area contributed by atoms with E-state index in [1.807, 2.05) is 0 Å². The Bertz CT molecular complexity index is 569. The number of piperidine rings is 1. The second kappa shape index (κ2) is 6.21. The maximum atomic E-state index is 12.0. The van der Waals surface area contributed by atoms with Gasteiger partial charge in [0.05, 0.1) is 0 Å². The van der Waals surface area contributed by atoms with E-state index >= 15 is 0 Å². The van der Waals surface area contributed by atoms with Crippen molar-refractivity contribution in [3.63, 3.8) is 0 Å². The lowest BCUT2D eigenvalue weighted by Crippen LogP contribution is -2.44. The largest absolute Gasteiger partial charge is 0.361 e. The van der Waals surface area contributed by atoms with Gasteiger partial charge in [-0.15, -0.1) is 5.10 Å². The van der Waals surface area contributed by atoms with Gasteiger partial charge in [-0.2, -0.15) is 0 Å². The normalized spacial score (nSPS) is 17.4. The van der Waals surface area contributed by atoms with E-state index in [0.29, 0.717) is 0 Å². The van der Waals surface area contributed by atoms with Crippen LogP contribution in [0.5, 0.6) is 0 Å². The SMILES string of the molecule is CCCN1CCC(Nc2nn(C)c(=O)n(C)c2=O)CC1. The van der Waals surface area contributed by atoms with Crippen LogP contribution in [0, 0.1) is 0 Å². The third kappa shape index (κ3) is 3.09. The Hall–Kier alpha value is -1.63. The van der Waals surface area contributed by atoms with E-state index in [0.717, 1.165) is 37.0 Å². The molecule has 2 rings (SSSR count). The molecule has 2 heterocycles. The number of aromatic nitrogens is 3. The lowest BCUT2D eigenvalue weighted by molar-refractivity contribution is 0.219. The molecular weight excluding hydrogens is 258 g/mol. The predicted molar refractivity (Wildman–Crippen MR) is 78.1 cm³/mol. The Balaban J connectivity index is 2.05. The molecular formula is C13H23N5O2. The van der Waals surface area contributed by atoms with Gasteiger partial charge in [-0.05, 0) is 25.8 Å². The maximum Gasteiger partial charge on any atom is 0.346 e. The van der Waals surface area contributed by atoms with Crippen molar-refractivity contribution in [1.82, 2.24) is 19.2 Å². The lowest BCUT2D eigenvalue weighted by Gasteiger charge is -2.32. The topological polar surface area (TPSA) is 72.2 Å². The third-order valence-electron chi connectivity index (χ3n) is 3.79. The molecule has 0 bridgehead atoms. The molecule has 0 radical (unpaired) electrons. The average Bonchev–Trinajstić information content (AvgIpc) is 2.45. The molecule has 1 aliphatic heterocycles. The number of aryl methyl sites for hydroxylation is 1. The summed E-state index contributed by atoms with van der Waals surface area (Å²) in [5, 5.41) is 7.22. The van der Waals surface area contributed by atoms with Crippen LogP contribution in [0.1, 0.15) is 26.2 Å². The van der Waals surface area contributed by atoms with E-state index in [1.165, 1.54) is 18.2 Å². The minimum Gasteiger partial charge on any atom is -0.361 e. The van der Waals surface area contributed by atoms with Crippen LogP contribution in [0.3, 0.4) is 0 Å². The van der Waals surface area contributed by atoms with Crippen LogP contribution in [0.15, 0.2) is 9.59 Å². The predicted octanol–water partition coefficient (Wildman–Crippen LogP) is -0.235. The Morgan fingerprint density at radius 3 is 2.50 bits per heavy atom. The third-order valence-corrected chi connectivity index (χ3v) is 3.79. The Morgan fingerprint density at radius 1 is 1.25 bits per heavy atom. The smallest absolute Gasteiger partial charge is 0.346 e. The molecule has 1 aromatic heterocycles. The summed E-state index contributed by atoms with van der Waals surface area (Å²) < 4.78 is 2.28. The van der Waals surface area contributed by atoms with Crippen molar-refractivity contribution in [3.05, 3.63) is 20.8 Å². The molecule has 7 nitrogen and oxygen atoms in total. The van der Waals surface area contributed by atoms with Gasteiger partial charge in [0.15, 0.2) is 0 Å². The zero-order valence-corrected chi connectivity index (χ0v) is 12.4. The van der Waals surface area contributed by atoms with Crippen LogP contribution < -0.4 is 16.6 Å². The first kappa shape index (κ1) is 14.8.